The fourth-order valence-electron chi connectivity index (χ4n) is 3.23. The number of ether oxygens (including phenoxy) is 2. The van der Waals surface area contributed by atoms with Crippen LogP contribution in [0.4, 0.5) is 0 Å². The van der Waals surface area contributed by atoms with Crippen LogP contribution in [0.3, 0.4) is 0 Å². The second kappa shape index (κ2) is 10.2. The molecule has 2 aromatic rings. The zero-order valence-corrected chi connectivity index (χ0v) is 17.0. The van der Waals surface area contributed by atoms with E-state index in [0.29, 0.717) is 30.8 Å². The maximum absolute atomic E-state index is 12.3. The van der Waals surface area contributed by atoms with Crippen LogP contribution >= 0.6 is 0 Å². The molecule has 1 aromatic carbocycles. The number of nitrogens with zero attached hydrogens (tertiary/aromatic N) is 2. The molecule has 154 valence electrons. The molecule has 0 spiro atoms. The van der Waals surface area contributed by atoms with Crippen molar-refractivity contribution in [3.63, 3.8) is 0 Å². The SMILES string of the molecule is CCOCn1c(Cc2cccc(C#CCN3CCOCC3)c2)c(C)c(=O)[nH]c1=O. The highest BCUT2D eigenvalue weighted by molar-refractivity contribution is 5.39. The first-order chi connectivity index (χ1) is 14.1. The van der Waals surface area contributed by atoms with Gasteiger partial charge in [-0.3, -0.25) is 19.2 Å². The van der Waals surface area contributed by atoms with Gasteiger partial charge in [-0.25, -0.2) is 4.79 Å². The maximum atomic E-state index is 12.3. The number of hydrogen-bond acceptors (Lipinski definition) is 5. The van der Waals surface area contributed by atoms with Crippen LogP contribution in [0.25, 0.3) is 0 Å². The van der Waals surface area contributed by atoms with Gasteiger partial charge in [0.1, 0.15) is 6.73 Å². The highest BCUT2D eigenvalue weighted by atomic mass is 16.5. The van der Waals surface area contributed by atoms with E-state index >= 15 is 0 Å². The van der Waals surface area contributed by atoms with Gasteiger partial charge in [-0.15, -0.1) is 0 Å². The molecule has 0 radical (unpaired) electrons. The summed E-state index contributed by atoms with van der Waals surface area (Å²) in [5.41, 5.74) is 2.27. The van der Waals surface area contributed by atoms with Crippen molar-refractivity contribution < 1.29 is 9.47 Å². The number of benzene rings is 1. The van der Waals surface area contributed by atoms with Crippen molar-refractivity contribution in [2.24, 2.45) is 0 Å². The first kappa shape index (κ1) is 21.1. The summed E-state index contributed by atoms with van der Waals surface area (Å²) in [7, 11) is 0. The van der Waals surface area contributed by atoms with E-state index in [1.165, 1.54) is 4.57 Å². The third kappa shape index (κ3) is 5.67. The Morgan fingerprint density at radius 1 is 1.24 bits per heavy atom. The van der Waals surface area contributed by atoms with Gasteiger partial charge in [0.25, 0.3) is 5.56 Å². The molecule has 0 bridgehead atoms. The van der Waals surface area contributed by atoms with Crippen LogP contribution in [0.15, 0.2) is 33.9 Å². The summed E-state index contributed by atoms with van der Waals surface area (Å²) < 4.78 is 12.2. The summed E-state index contributed by atoms with van der Waals surface area (Å²) in [6, 6.07) is 7.89. The molecule has 0 saturated carbocycles. The van der Waals surface area contributed by atoms with Crippen molar-refractivity contribution in [3.05, 3.63) is 67.5 Å². The molecular formula is C22H27N3O4. The minimum atomic E-state index is -0.453. The lowest BCUT2D eigenvalue weighted by atomic mass is 10.0. The smallest absolute Gasteiger partial charge is 0.330 e. The van der Waals surface area contributed by atoms with Gasteiger partial charge in [-0.05, 0) is 31.5 Å². The molecule has 0 unspecified atom stereocenters. The lowest BCUT2D eigenvalue weighted by Crippen LogP contribution is -2.36. The lowest BCUT2D eigenvalue weighted by molar-refractivity contribution is 0.0443. The Balaban J connectivity index is 1.80. The van der Waals surface area contributed by atoms with Gasteiger partial charge in [-0.2, -0.15) is 0 Å². The highest BCUT2D eigenvalue weighted by Crippen LogP contribution is 2.12. The molecule has 2 heterocycles. The molecule has 1 N–H and O–H groups in total. The molecule has 7 nitrogen and oxygen atoms in total. The molecule has 7 heteroatoms. The van der Waals surface area contributed by atoms with E-state index in [9.17, 15) is 9.59 Å². The minimum absolute atomic E-state index is 0.112. The van der Waals surface area contributed by atoms with Crippen molar-refractivity contribution in [1.29, 1.82) is 0 Å². The van der Waals surface area contributed by atoms with Crippen LogP contribution in [0, 0.1) is 18.8 Å². The van der Waals surface area contributed by atoms with Gasteiger partial charge < -0.3 is 9.47 Å². The molecule has 0 atom stereocenters. The van der Waals surface area contributed by atoms with E-state index in [0.717, 1.165) is 37.4 Å². The molecular weight excluding hydrogens is 370 g/mol. The molecule has 0 amide bonds. The average Bonchev–Trinajstić information content (AvgIpc) is 2.73. The number of nitrogens with one attached hydrogen (secondary N) is 1. The Bertz CT molecular complexity index is 1010. The van der Waals surface area contributed by atoms with Crippen molar-refractivity contribution in [2.75, 3.05) is 39.5 Å². The maximum Gasteiger partial charge on any atom is 0.330 e. The Hall–Kier alpha value is -2.66. The standard InChI is InChI=1S/C22H27N3O4/c1-3-28-16-25-20(17(2)21(26)23-22(25)27)15-19-7-4-6-18(14-19)8-5-9-24-10-12-29-13-11-24/h4,6-7,14H,3,9-13,15-16H2,1-2H3,(H,23,26,27). The van der Waals surface area contributed by atoms with Crippen molar-refractivity contribution >= 4 is 0 Å². The summed E-state index contributed by atoms with van der Waals surface area (Å²) in [5, 5.41) is 0. The van der Waals surface area contributed by atoms with Gasteiger partial charge in [0.2, 0.25) is 0 Å². The molecule has 1 saturated heterocycles. The third-order valence-corrected chi connectivity index (χ3v) is 4.93. The fraction of sp³-hybridized carbons (Fsp3) is 0.455. The van der Waals surface area contributed by atoms with Crippen LogP contribution in [0.2, 0.25) is 0 Å². The summed E-state index contributed by atoms with van der Waals surface area (Å²) in [6.45, 7) is 8.24. The van der Waals surface area contributed by atoms with Crippen LogP contribution in [-0.4, -0.2) is 53.9 Å². The number of morpholine rings is 1. The summed E-state index contributed by atoms with van der Waals surface area (Å²) in [5.74, 6) is 6.43. The molecule has 29 heavy (non-hydrogen) atoms. The zero-order chi connectivity index (χ0) is 20.6. The lowest BCUT2D eigenvalue weighted by Gasteiger charge is -2.24. The largest absolute Gasteiger partial charge is 0.379 e. The number of aromatic amines is 1. The first-order valence-corrected chi connectivity index (χ1v) is 9.86. The van der Waals surface area contributed by atoms with Crippen LogP contribution in [0.1, 0.15) is 29.3 Å². The Kier molecular flexibility index (Phi) is 7.42. The average molecular weight is 397 g/mol. The Morgan fingerprint density at radius 2 is 2.03 bits per heavy atom. The van der Waals surface area contributed by atoms with Gasteiger partial charge in [0.05, 0.1) is 19.8 Å². The van der Waals surface area contributed by atoms with E-state index < -0.39 is 5.69 Å². The normalized spacial score (nSPS) is 14.4. The highest BCUT2D eigenvalue weighted by Gasteiger charge is 2.12. The number of rotatable bonds is 6. The predicted molar refractivity (Wildman–Crippen MR) is 111 cm³/mol. The van der Waals surface area contributed by atoms with Crippen LogP contribution < -0.4 is 11.2 Å². The summed E-state index contributed by atoms with van der Waals surface area (Å²) in [4.78, 5) is 29.0. The third-order valence-electron chi connectivity index (χ3n) is 4.93. The molecule has 1 aromatic heterocycles. The van der Waals surface area contributed by atoms with Crippen LogP contribution in [-0.2, 0) is 22.6 Å². The van der Waals surface area contributed by atoms with Crippen molar-refractivity contribution in [3.8, 4) is 11.8 Å². The zero-order valence-electron chi connectivity index (χ0n) is 17.0. The molecule has 1 aliphatic rings. The quantitative estimate of drug-likeness (QED) is 0.739. The first-order valence-electron chi connectivity index (χ1n) is 9.86. The predicted octanol–water partition coefficient (Wildman–Crippen LogP) is 1.11. The minimum Gasteiger partial charge on any atom is -0.379 e. The van der Waals surface area contributed by atoms with E-state index in [1.54, 1.807) is 6.92 Å². The summed E-state index contributed by atoms with van der Waals surface area (Å²) in [6.07, 6.45) is 0.455. The van der Waals surface area contributed by atoms with E-state index in [-0.39, 0.29) is 12.3 Å². The van der Waals surface area contributed by atoms with Gasteiger partial charge in [-0.1, -0.05) is 24.0 Å². The monoisotopic (exact) mass is 397 g/mol. The van der Waals surface area contributed by atoms with E-state index in [1.807, 2.05) is 31.2 Å². The Labute approximate surface area is 170 Å². The van der Waals surface area contributed by atoms with Gasteiger partial charge in [0.15, 0.2) is 0 Å². The van der Waals surface area contributed by atoms with Gasteiger partial charge >= 0.3 is 5.69 Å². The topological polar surface area (TPSA) is 76.6 Å². The Morgan fingerprint density at radius 3 is 2.79 bits per heavy atom. The number of aromatic nitrogens is 2. The van der Waals surface area contributed by atoms with E-state index in [2.05, 4.69) is 21.7 Å². The number of H-pyrrole nitrogens is 1. The number of hydrogen-bond donors (Lipinski definition) is 1. The second-order valence-corrected chi connectivity index (χ2v) is 6.95. The summed E-state index contributed by atoms with van der Waals surface area (Å²) >= 11 is 0. The fourth-order valence-corrected chi connectivity index (χ4v) is 3.23. The van der Waals surface area contributed by atoms with Gasteiger partial charge in [0, 0.05) is 42.9 Å². The van der Waals surface area contributed by atoms with Crippen molar-refractivity contribution in [1.82, 2.24) is 14.5 Å². The molecule has 3 rings (SSSR count). The molecule has 1 aliphatic heterocycles. The van der Waals surface area contributed by atoms with E-state index in [4.69, 9.17) is 9.47 Å². The second-order valence-electron chi connectivity index (χ2n) is 6.95. The van der Waals surface area contributed by atoms with Crippen molar-refractivity contribution in [2.45, 2.75) is 27.0 Å². The van der Waals surface area contributed by atoms with Crippen LogP contribution in [0.5, 0.6) is 0 Å². The molecule has 0 aliphatic carbocycles. The molecule has 1 fully saturated rings.